The Kier molecular flexibility index (Phi) is 5.39. The summed E-state index contributed by atoms with van der Waals surface area (Å²) in [6.07, 6.45) is -0.625. The number of aliphatic hydroxyl groups is 1. The van der Waals surface area contributed by atoms with Crippen molar-refractivity contribution in [3.63, 3.8) is 0 Å². The highest BCUT2D eigenvalue weighted by Crippen LogP contribution is 2.68. The second kappa shape index (κ2) is 7.42. The van der Waals surface area contributed by atoms with E-state index in [2.05, 4.69) is 4.74 Å². The monoisotopic (exact) mass is 470 g/mol. The maximum absolute atomic E-state index is 15.6. The smallest absolute Gasteiger partial charge is 0.377 e. The van der Waals surface area contributed by atoms with Crippen molar-refractivity contribution in [2.24, 2.45) is 40.4 Å². The second-order valence-corrected chi connectivity index (χ2v) is 10.7. The fourth-order valence-electron chi connectivity index (χ4n) is 7.69. The van der Waals surface area contributed by atoms with Crippen molar-refractivity contribution in [2.75, 3.05) is 0 Å². The molecule has 3 saturated carbocycles. The van der Waals surface area contributed by atoms with E-state index in [0.717, 1.165) is 6.92 Å². The molecule has 4 rings (SSSR count). The number of carboxylic acid groups (broad SMARTS) is 1. The SMILES string of the molecule is CC(=O)C(=O)O[C@@]1(F)C=C[C@@]2(C)C(=C1F)[C@@H](F)C[C@@H]1[C@@H]2[C@@H](O)C[C@@]2(C)[C@H]1C[C@@H](C)[C@@H]2C(=O)O. The standard InChI is InChI=1S/C24H29F3O6/c1-10-7-13-12-8-14(25)18-19(26)24(27,33-21(32)11(2)28)6-5-22(18,3)17(12)15(29)9-23(13,4)16(10)20(30)31/h5-6,10,12-17,29H,7-9H2,1-4H3,(H,30,31)/t10-,12+,13+,14+,15+,16-,17-,22-,23+,24+/m1/s1. The zero-order chi connectivity index (χ0) is 24.7. The van der Waals surface area contributed by atoms with Crippen LogP contribution in [0.25, 0.3) is 0 Å². The summed E-state index contributed by atoms with van der Waals surface area (Å²) >= 11 is 0. The van der Waals surface area contributed by atoms with Crippen LogP contribution in [0.5, 0.6) is 0 Å². The Hall–Kier alpha value is -2.16. The Morgan fingerprint density at radius 3 is 2.39 bits per heavy atom. The second-order valence-electron chi connectivity index (χ2n) is 10.7. The minimum absolute atomic E-state index is 0.148. The predicted molar refractivity (Wildman–Crippen MR) is 110 cm³/mol. The number of hydrogen-bond acceptors (Lipinski definition) is 5. The summed E-state index contributed by atoms with van der Waals surface area (Å²) in [5, 5.41) is 21.0. The Morgan fingerprint density at radius 1 is 1.18 bits per heavy atom. The first kappa shape index (κ1) is 24.0. The third-order valence-electron chi connectivity index (χ3n) is 8.83. The van der Waals surface area contributed by atoms with Gasteiger partial charge < -0.3 is 14.9 Å². The summed E-state index contributed by atoms with van der Waals surface area (Å²) < 4.78 is 50.7. The van der Waals surface area contributed by atoms with E-state index in [-0.39, 0.29) is 24.7 Å². The van der Waals surface area contributed by atoms with Crippen LogP contribution in [-0.2, 0) is 19.1 Å². The van der Waals surface area contributed by atoms with Gasteiger partial charge in [0, 0.05) is 23.8 Å². The lowest BCUT2D eigenvalue weighted by molar-refractivity contribution is -0.174. The molecule has 0 aromatic rings. The number of ether oxygens (including phenoxy) is 1. The maximum atomic E-state index is 15.6. The van der Waals surface area contributed by atoms with E-state index in [0.29, 0.717) is 12.5 Å². The minimum atomic E-state index is -3.40. The van der Waals surface area contributed by atoms with Gasteiger partial charge in [0.05, 0.1) is 12.0 Å². The van der Waals surface area contributed by atoms with Gasteiger partial charge in [-0.05, 0) is 48.5 Å². The number of rotatable bonds is 3. The van der Waals surface area contributed by atoms with E-state index >= 15 is 13.2 Å². The number of ketones is 1. The highest BCUT2D eigenvalue weighted by atomic mass is 19.2. The fraction of sp³-hybridized carbons (Fsp3) is 0.708. The van der Waals surface area contributed by atoms with E-state index in [4.69, 9.17) is 0 Å². The van der Waals surface area contributed by atoms with E-state index in [1.54, 1.807) is 0 Å². The van der Waals surface area contributed by atoms with Crippen LogP contribution in [-0.4, -0.2) is 46.1 Å². The first-order valence-corrected chi connectivity index (χ1v) is 11.3. The average molecular weight is 470 g/mol. The number of carbonyl (C=O) groups excluding carboxylic acids is 2. The van der Waals surface area contributed by atoms with Crippen molar-refractivity contribution < 1.29 is 42.5 Å². The fourth-order valence-corrected chi connectivity index (χ4v) is 7.69. The first-order valence-electron chi connectivity index (χ1n) is 11.3. The zero-order valence-corrected chi connectivity index (χ0v) is 19.0. The molecule has 0 aromatic heterocycles. The van der Waals surface area contributed by atoms with E-state index < -0.39 is 75.8 Å². The molecule has 6 nitrogen and oxygen atoms in total. The highest BCUT2D eigenvalue weighted by Gasteiger charge is 2.67. The number of hydrogen-bond donors (Lipinski definition) is 2. The Balaban J connectivity index is 1.76. The summed E-state index contributed by atoms with van der Waals surface area (Å²) in [6.45, 7) is 6.03. The van der Waals surface area contributed by atoms with Gasteiger partial charge in [0.25, 0.3) is 0 Å². The number of aliphatic carboxylic acids is 1. The van der Waals surface area contributed by atoms with Gasteiger partial charge >= 0.3 is 17.8 Å². The molecule has 9 heteroatoms. The van der Waals surface area contributed by atoms with Crippen molar-refractivity contribution >= 4 is 17.7 Å². The van der Waals surface area contributed by atoms with Crippen LogP contribution in [0.15, 0.2) is 23.6 Å². The summed E-state index contributed by atoms with van der Waals surface area (Å²) in [4.78, 5) is 34.8. The molecule has 33 heavy (non-hydrogen) atoms. The molecule has 4 aliphatic rings. The molecule has 0 heterocycles. The molecule has 0 aromatic carbocycles. The Labute approximate surface area is 189 Å². The molecule has 0 saturated heterocycles. The minimum Gasteiger partial charge on any atom is -0.481 e. The molecule has 3 fully saturated rings. The molecule has 4 aliphatic carbocycles. The highest BCUT2D eigenvalue weighted by molar-refractivity contribution is 6.32. The van der Waals surface area contributed by atoms with Crippen molar-refractivity contribution in [1.82, 2.24) is 0 Å². The summed E-state index contributed by atoms with van der Waals surface area (Å²) in [5.41, 5.74) is -2.69. The summed E-state index contributed by atoms with van der Waals surface area (Å²) in [6, 6.07) is 0. The maximum Gasteiger partial charge on any atom is 0.377 e. The number of alkyl halides is 2. The molecule has 0 radical (unpaired) electrons. The number of Topliss-reactive ketones (excluding diaryl/α,β-unsaturated/α-hetero) is 1. The molecule has 0 unspecified atom stereocenters. The van der Waals surface area contributed by atoms with Crippen molar-refractivity contribution in [2.45, 2.75) is 65.1 Å². The summed E-state index contributed by atoms with van der Waals surface area (Å²) in [5.74, 6) is -10.9. The van der Waals surface area contributed by atoms with Crippen LogP contribution >= 0.6 is 0 Å². The van der Waals surface area contributed by atoms with Gasteiger partial charge in [-0.25, -0.2) is 13.6 Å². The van der Waals surface area contributed by atoms with Crippen LogP contribution in [0.3, 0.4) is 0 Å². The van der Waals surface area contributed by atoms with Gasteiger partial charge in [-0.2, -0.15) is 4.39 Å². The van der Waals surface area contributed by atoms with Gasteiger partial charge in [0.1, 0.15) is 6.17 Å². The lowest BCUT2D eigenvalue weighted by Gasteiger charge is -2.59. The van der Waals surface area contributed by atoms with Crippen LogP contribution in [0, 0.1) is 40.4 Å². The van der Waals surface area contributed by atoms with Crippen LogP contribution in [0.1, 0.15) is 47.0 Å². The van der Waals surface area contributed by atoms with E-state index in [9.17, 15) is 24.6 Å². The van der Waals surface area contributed by atoms with Crippen LogP contribution in [0.4, 0.5) is 13.2 Å². The quantitative estimate of drug-likeness (QED) is 0.371. The molecule has 182 valence electrons. The topological polar surface area (TPSA) is 101 Å². The van der Waals surface area contributed by atoms with Crippen LogP contribution in [0.2, 0.25) is 0 Å². The molecule has 0 aliphatic heterocycles. The first-order chi connectivity index (χ1) is 15.2. The van der Waals surface area contributed by atoms with Gasteiger partial charge in [-0.3, -0.25) is 9.59 Å². The Bertz CT molecular complexity index is 977. The zero-order valence-electron chi connectivity index (χ0n) is 19.0. The van der Waals surface area contributed by atoms with Crippen molar-refractivity contribution in [1.29, 1.82) is 0 Å². The average Bonchev–Trinajstić information content (AvgIpc) is 2.95. The normalized spacial score (nSPS) is 48.5. The van der Waals surface area contributed by atoms with Gasteiger partial charge in [0.2, 0.25) is 5.78 Å². The van der Waals surface area contributed by atoms with E-state index in [1.807, 2.05) is 13.8 Å². The largest absolute Gasteiger partial charge is 0.481 e. The lowest BCUT2D eigenvalue weighted by atomic mass is 9.46. The Morgan fingerprint density at radius 2 is 1.82 bits per heavy atom. The summed E-state index contributed by atoms with van der Waals surface area (Å²) in [7, 11) is 0. The van der Waals surface area contributed by atoms with Gasteiger partial charge in [-0.1, -0.05) is 26.8 Å². The van der Waals surface area contributed by atoms with Crippen LogP contribution < -0.4 is 0 Å². The molecule has 0 amide bonds. The number of fused-ring (bicyclic) bond motifs is 5. The number of halogens is 3. The van der Waals surface area contributed by atoms with E-state index in [1.165, 1.54) is 13.0 Å². The molecule has 0 spiro atoms. The molecule has 0 bridgehead atoms. The molecular weight excluding hydrogens is 441 g/mol. The lowest BCUT2D eigenvalue weighted by Crippen LogP contribution is -2.59. The van der Waals surface area contributed by atoms with Gasteiger partial charge in [-0.15, -0.1) is 0 Å². The van der Waals surface area contributed by atoms with Crippen molar-refractivity contribution in [3.8, 4) is 0 Å². The van der Waals surface area contributed by atoms with Crippen molar-refractivity contribution in [3.05, 3.63) is 23.6 Å². The number of allylic oxidation sites excluding steroid dienone is 2. The molecule has 10 atom stereocenters. The molecule has 2 N–H and O–H groups in total. The molecular formula is C24H29F3O6. The number of esters is 1. The third-order valence-corrected chi connectivity index (χ3v) is 8.83. The number of aliphatic hydroxyl groups excluding tert-OH is 1. The third kappa shape index (κ3) is 3.21. The number of carboxylic acids is 1. The predicted octanol–water partition coefficient (Wildman–Crippen LogP) is 3.69. The number of carbonyl (C=O) groups is 3. The van der Waals surface area contributed by atoms with Gasteiger partial charge in [0.15, 0.2) is 5.83 Å².